The van der Waals surface area contributed by atoms with E-state index in [4.69, 9.17) is 9.26 Å². The highest BCUT2D eigenvalue weighted by atomic mass is 16.5. The van der Waals surface area contributed by atoms with Gasteiger partial charge in [-0.3, -0.25) is 4.79 Å². The second kappa shape index (κ2) is 10.8. The van der Waals surface area contributed by atoms with E-state index < -0.39 is 13.1 Å². The highest BCUT2D eigenvalue weighted by molar-refractivity contribution is 6.43. The number of aryl methyl sites for hydroxylation is 1. The van der Waals surface area contributed by atoms with Gasteiger partial charge in [0.25, 0.3) is 5.89 Å². The van der Waals surface area contributed by atoms with E-state index in [1.165, 1.54) is 0 Å². The molecular formula is C21H26BN3O5. The Labute approximate surface area is 175 Å². The monoisotopic (exact) mass is 411 g/mol. The van der Waals surface area contributed by atoms with Gasteiger partial charge in [0.05, 0.1) is 18.3 Å². The summed E-state index contributed by atoms with van der Waals surface area (Å²) in [6.07, 6.45) is 6.27. The topological polar surface area (TPSA) is 118 Å². The van der Waals surface area contributed by atoms with Gasteiger partial charge in [-0.1, -0.05) is 29.4 Å². The Morgan fingerprint density at radius 1 is 1.33 bits per heavy atom. The average Bonchev–Trinajstić information content (AvgIpc) is 3.22. The molecule has 0 bridgehead atoms. The lowest BCUT2D eigenvalue weighted by atomic mass is 9.75. The van der Waals surface area contributed by atoms with Gasteiger partial charge in [-0.15, -0.1) is 0 Å². The number of nitrogens with zero attached hydrogens (tertiary/aromatic N) is 2. The number of allylic oxidation sites excluding steroid dienone is 3. The zero-order valence-electron chi connectivity index (χ0n) is 17.0. The first kappa shape index (κ1) is 21.8. The molecule has 0 saturated heterocycles. The normalized spacial score (nSPS) is 14.5. The number of ether oxygens (including phenoxy) is 1. The summed E-state index contributed by atoms with van der Waals surface area (Å²) in [5.41, 5.74) is 1.72. The molecule has 0 fully saturated rings. The summed E-state index contributed by atoms with van der Waals surface area (Å²) in [6, 6.07) is 9.38. The summed E-state index contributed by atoms with van der Waals surface area (Å²) in [5, 5.41) is 26.0. The number of hydrogen-bond donors (Lipinski definition) is 3. The smallest absolute Gasteiger partial charge is 0.475 e. The van der Waals surface area contributed by atoms with Crippen molar-refractivity contribution in [1.82, 2.24) is 15.5 Å². The maximum Gasteiger partial charge on any atom is 0.475 e. The number of rotatable bonds is 10. The highest BCUT2D eigenvalue weighted by Crippen LogP contribution is 2.22. The summed E-state index contributed by atoms with van der Waals surface area (Å²) in [7, 11) is -1.67. The minimum absolute atomic E-state index is 0.107. The second-order valence-electron chi connectivity index (χ2n) is 7.03. The molecule has 1 aliphatic rings. The van der Waals surface area contributed by atoms with Crippen LogP contribution >= 0.6 is 0 Å². The first-order chi connectivity index (χ1) is 14.5. The van der Waals surface area contributed by atoms with Crippen molar-refractivity contribution in [2.75, 3.05) is 6.61 Å². The van der Waals surface area contributed by atoms with Crippen molar-refractivity contribution in [2.45, 2.75) is 45.0 Å². The third kappa shape index (κ3) is 6.30. The van der Waals surface area contributed by atoms with Gasteiger partial charge in [-0.25, -0.2) is 0 Å². The zero-order valence-corrected chi connectivity index (χ0v) is 17.0. The Hall–Kier alpha value is -2.91. The minimum atomic E-state index is -1.67. The second-order valence-corrected chi connectivity index (χ2v) is 7.03. The molecule has 1 aromatic carbocycles. The van der Waals surface area contributed by atoms with Gasteiger partial charge in [0, 0.05) is 24.8 Å². The van der Waals surface area contributed by atoms with Crippen LogP contribution in [0.2, 0.25) is 0 Å². The fraction of sp³-hybridized carbons (Fsp3) is 0.381. The zero-order chi connectivity index (χ0) is 21.3. The van der Waals surface area contributed by atoms with Crippen LogP contribution < -0.4 is 5.32 Å². The number of hydrogen-bond acceptors (Lipinski definition) is 7. The predicted octanol–water partition coefficient (Wildman–Crippen LogP) is 2.20. The molecule has 9 heteroatoms. The average molecular weight is 411 g/mol. The molecule has 0 spiro atoms. The van der Waals surface area contributed by atoms with Crippen LogP contribution in [0.1, 0.15) is 38.4 Å². The van der Waals surface area contributed by atoms with Gasteiger partial charge < -0.3 is 24.6 Å². The summed E-state index contributed by atoms with van der Waals surface area (Å²) in [4.78, 5) is 16.6. The minimum Gasteiger partial charge on any atom is -0.498 e. The largest absolute Gasteiger partial charge is 0.498 e. The standard InChI is InChI=1S/C21H26BN3O5/c1-2-29-17-10-6-7-15(13-17)14-18(22(27)28)23-20(26)12-11-19-24-21(30-25-19)16-8-4-3-5-9-16/h3-5,7-9,13,18,27-28H,2,6,10-12,14H2,1H3,(H,23,26)/t18-/m0/s1. The van der Waals surface area contributed by atoms with Gasteiger partial charge in [0.15, 0.2) is 5.82 Å². The summed E-state index contributed by atoms with van der Waals surface area (Å²) >= 11 is 0. The van der Waals surface area contributed by atoms with E-state index in [1.54, 1.807) is 0 Å². The van der Waals surface area contributed by atoms with Crippen molar-refractivity contribution in [1.29, 1.82) is 0 Å². The lowest BCUT2D eigenvalue weighted by Crippen LogP contribution is -2.46. The van der Waals surface area contributed by atoms with Crippen LogP contribution in [-0.2, 0) is 16.0 Å². The van der Waals surface area contributed by atoms with Crippen LogP contribution in [0.25, 0.3) is 11.5 Å². The van der Waals surface area contributed by atoms with Crippen molar-refractivity contribution in [3.05, 3.63) is 59.6 Å². The maximum absolute atomic E-state index is 12.3. The molecule has 3 rings (SSSR count). The molecule has 1 heterocycles. The van der Waals surface area contributed by atoms with E-state index in [-0.39, 0.29) is 18.7 Å². The van der Waals surface area contributed by atoms with Gasteiger partial charge in [-0.05, 0) is 43.5 Å². The molecule has 8 nitrogen and oxygen atoms in total. The molecule has 1 aliphatic carbocycles. The van der Waals surface area contributed by atoms with Crippen LogP contribution in [0, 0.1) is 0 Å². The van der Waals surface area contributed by atoms with Gasteiger partial charge in [-0.2, -0.15) is 4.98 Å². The summed E-state index contributed by atoms with van der Waals surface area (Å²) < 4.78 is 10.8. The van der Waals surface area contributed by atoms with Crippen molar-refractivity contribution in [3.8, 4) is 11.5 Å². The molecule has 158 valence electrons. The van der Waals surface area contributed by atoms with Crippen molar-refractivity contribution >= 4 is 13.0 Å². The third-order valence-corrected chi connectivity index (χ3v) is 4.70. The van der Waals surface area contributed by atoms with E-state index >= 15 is 0 Å². The molecule has 0 aliphatic heterocycles. The molecule has 0 radical (unpaired) electrons. The Morgan fingerprint density at radius 2 is 2.13 bits per heavy atom. The third-order valence-electron chi connectivity index (χ3n) is 4.70. The van der Waals surface area contributed by atoms with Crippen molar-refractivity contribution in [2.24, 2.45) is 0 Å². The van der Waals surface area contributed by atoms with E-state index in [0.717, 1.165) is 29.7 Å². The molecule has 3 N–H and O–H groups in total. The molecule has 1 atom stereocenters. The molecular weight excluding hydrogens is 385 g/mol. The lowest BCUT2D eigenvalue weighted by Gasteiger charge is -2.20. The molecule has 0 saturated carbocycles. The SMILES string of the molecule is CCOC1=CC(C[C@H](NC(=O)CCc2noc(-c3ccccc3)n2)B(O)O)=CCC1. The van der Waals surface area contributed by atoms with Crippen molar-refractivity contribution < 1.29 is 24.1 Å². The number of nitrogens with one attached hydrogen (secondary N) is 1. The fourth-order valence-electron chi connectivity index (χ4n) is 3.22. The number of amides is 1. The highest BCUT2D eigenvalue weighted by Gasteiger charge is 2.26. The number of carbonyl (C=O) groups is 1. The Morgan fingerprint density at radius 3 is 2.87 bits per heavy atom. The van der Waals surface area contributed by atoms with Crippen LogP contribution in [0.5, 0.6) is 0 Å². The van der Waals surface area contributed by atoms with Gasteiger partial charge in [0.1, 0.15) is 0 Å². The molecule has 1 aromatic heterocycles. The Bertz CT molecular complexity index is 895. The van der Waals surface area contributed by atoms with Crippen LogP contribution in [0.15, 0.2) is 58.3 Å². The quantitative estimate of drug-likeness (QED) is 0.513. The number of carbonyl (C=O) groups excluding carboxylic acids is 1. The van der Waals surface area contributed by atoms with E-state index in [2.05, 4.69) is 15.5 Å². The van der Waals surface area contributed by atoms with Crippen LogP contribution in [0.4, 0.5) is 0 Å². The van der Waals surface area contributed by atoms with E-state index in [9.17, 15) is 14.8 Å². The first-order valence-corrected chi connectivity index (χ1v) is 10.1. The molecule has 1 amide bonds. The van der Waals surface area contributed by atoms with Gasteiger partial charge in [0.2, 0.25) is 5.91 Å². The fourth-order valence-corrected chi connectivity index (χ4v) is 3.22. The summed E-state index contributed by atoms with van der Waals surface area (Å²) in [6.45, 7) is 2.51. The van der Waals surface area contributed by atoms with Gasteiger partial charge >= 0.3 is 7.12 Å². The van der Waals surface area contributed by atoms with E-state index in [1.807, 2.05) is 49.4 Å². The number of aromatic nitrogens is 2. The van der Waals surface area contributed by atoms with Crippen molar-refractivity contribution in [3.63, 3.8) is 0 Å². The first-order valence-electron chi connectivity index (χ1n) is 10.1. The Kier molecular flexibility index (Phi) is 7.81. The van der Waals surface area contributed by atoms with E-state index in [0.29, 0.717) is 24.7 Å². The Balaban J connectivity index is 1.52. The molecule has 30 heavy (non-hydrogen) atoms. The lowest BCUT2D eigenvalue weighted by molar-refractivity contribution is -0.121. The number of benzene rings is 1. The van der Waals surface area contributed by atoms with Crippen LogP contribution in [0.3, 0.4) is 0 Å². The maximum atomic E-state index is 12.3. The molecule has 2 aromatic rings. The van der Waals surface area contributed by atoms with Crippen LogP contribution in [-0.4, -0.2) is 45.8 Å². The predicted molar refractivity (Wildman–Crippen MR) is 112 cm³/mol. The summed E-state index contributed by atoms with van der Waals surface area (Å²) in [5.74, 6) is 0.565. The molecule has 0 unspecified atom stereocenters.